The van der Waals surface area contributed by atoms with Gasteiger partial charge < -0.3 is 11.2 Å². The van der Waals surface area contributed by atoms with Gasteiger partial charge in [-0.15, -0.1) is 10.2 Å². The Bertz CT molecular complexity index is 1040. The molecule has 0 bridgehead atoms. The molecule has 2 aromatic carbocycles. The van der Waals surface area contributed by atoms with E-state index in [1.165, 1.54) is 16.8 Å². The Morgan fingerprint density at radius 3 is 2.69 bits per heavy atom. The highest BCUT2D eigenvalue weighted by molar-refractivity contribution is 9.10. The number of nitrogen functional groups attached to an aromatic ring is 1. The second kappa shape index (κ2) is 9.52. The second-order valence-corrected chi connectivity index (χ2v) is 7.61. The number of thioether (sulfide) groups is 1. The molecule has 0 saturated carbocycles. The number of hydrazone groups is 1. The lowest BCUT2D eigenvalue weighted by Gasteiger charge is -2.07. The molecule has 0 atom stereocenters. The van der Waals surface area contributed by atoms with Gasteiger partial charge in [-0.1, -0.05) is 36.0 Å². The van der Waals surface area contributed by atoms with E-state index < -0.39 is 0 Å². The molecule has 0 radical (unpaired) electrons. The van der Waals surface area contributed by atoms with E-state index in [1.54, 1.807) is 25.1 Å². The van der Waals surface area contributed by atoms with E-state index in [4.69, 9.17) is 5.84 Å². The molecule has 3 rings (SSSR count). The number of benzene rings is 2. The maximum Gasteiger partial charge on any atom is 0.264 e. The number of carbonyl (C=O) groups is 1. The number of halogens is 2. The molecule has 0 fully saturated rings. The van der Waals surface area contributed by atoms with Gasteiger partial charge in [-0.05, 0) is 52.7 Å². The number of nitrogens with zero attached hydrogens (tertiary/aromatic N) is 4. The van der Waals surface area contributed by atoms with Crippen molar-refractivity contribution in [3.05, 3.63) is 64.4 Å². The molecule has 11 heteroatoms. The van der Waals surface area contributed by atoms with E-state index in [0.717, 1.165) is 21.8 Å². The number of anilines is 2. The van der Waals surface area contributed by atoms with Crippen molar-refractivity contribution in [1.82, 2.24) is 14.9 Å². The minimum absolute atomic E-state index is 0.106. The van der Waals surface area contributed by atoms with Crippen LogP contribution in [0.15, 0.2) is 63.3 Å². The molecule has 1 heterocycles. The molecule has 150 valence electrons. The first kappa shape index (κ1) is 20.8. The topological polar surface area (TPSA) is 110 Å². The molecule has 4 N–H and O–H groups in total. The van der Waals surface area contributed by atoms with Gasteiger partial charge in [0.05, 0.1) is 17.2 Å². The van der Waals surface area contributed by atoms with Crippen LogP contribution in [0.1, 0.15) is 12.5 Å². The first-order chi connectivity index (χ1) is 13.9. The first-order valence-corrected chi connectivity index (χ1v) is 10.2. The third-order valence-electron chi connectivity index (χ3n) is 3.73. The normalized spacial score (nSPS) is 11.3. The second-order valence-electron chi connectivity index (χ2n) is 5.81. The molecule has 1 amide bonds. The molecule has 0 unspecified atom stereocenters. The summed E-state index contributed by atoms with van der Waals surface area (Å²) in [5.41, 5.74) is 4.77. The minimum Gasteiger partial charge on any atom is -0.334 e. The van der Waals surface area contributed by atoms with Crippen LogP contribution in [-0.4, -0.2) is 32.2 Å². The van der Waals surface area contributed by atoms with Crippen molar-refractivity contribution < 1.29 is 9.18 Å². The Morgan fingerprint density at radius 2 is 1.97 bits per heavy atom. The van der Waals surface area contributed by atoms with Crippen LogP contribution in [0.5, 0.6) is 0 Å². The highest BCUT2D eigenvalue weighted by atomic mass is 79.9. The van der Waals surface area contributed by atoms with Crippen LogP contribution in [0.2, 0.25) is 0 Å². The van der Waals surface area contributed by atoms with E-state index in [9.17, 15) is 9.18 Å². The standard InChI is InChI=1S/C18H17BrFN7OS/c1-11(12-6-8-13(20)9-7-12)23-24-17-25-26-18(27(17)21)29-10-16(28)22-15-5-3-2-4-14(15)19/h2-9H,10,21H2,1H3,(H,22,28)(H,24,25)/b23-11+. The first-order valence-electron chi connectivity index (χ1n) is 8.38. The van der Waals surface area contributed by atoms with Crippen LogP contribution >= 0.6 is 27.7 Å². The van der Waals surface area contributed by atoms with E-state index in [2.05, 4.69) is 42.0 Å². The van der Waals surface area contributed by atoms with Gasteiger partial charge >= 0.3 is 0 Å². The maximum absolute atomic E-state index is 13.0. The summed E-state index contributed by atoms with van der Waals surface area (Å²) in [6.45, 7) is 1.76. The number of carbonyl (C=O) groups excluding carboxylic acids is 1. The van der Waals surface area contributed by atoms with Gasteiger partial charge in [0.25, 0.3) is 5.95 Å². The van der Waals surface area contributed by atoms with Crippen molar-refractivity contribution in [3.8, 4) is 0 Å². The summed E-state index contributed by atoms with van der Waals surface area (Å²) in [5, 5.41) is 15.2. The third kappa shape index (κ3) is 5.55. The summed E-state index contributed by atoms with van der Waals surface area (Å²) >= 11 is 4.52. The molecule has 29 heavy (non-hydrogen) atoms. The highest BCUT2D eigenvalue weighted by Gasteiger charge is 2.13. The van der Waals surface area contributed by atoms with Crippen molar-refractivity contribution in [2.75, 3.05) is 22.3 Å². The Balaban J connectivity index is 1.57. The number of nitrogens with two attached hydrogens (primary N) is 1. The maximum atomic E-state index is 13.0. The molecule has 3 aromatic rings. The van der Waals surface area contributed by atoms with Crippen molar-refractivity contribution in [3.63, 3.8) is 0 Å². The summed E-state index contributed by atoms with van der Waals surface area (Å²) in [5.74, 6) is 5.75. The number of hydrogen-bond donors (Lipinski definition) is 3. The van der Waals surface area contributed by atoms with Crippen molar-refractivity contribution in [2.24, 2.45) is 5.10 Å². The summed E-state index contributed by atoms with van der Waals surface area (Å²) in [4.78, 5) is 12.1. The lowest BCUT2D eigenvalue weighted by Crippen LogP contribution is -2.17. The molecule has 0 saturated heterocycles. The summed E-state index contributed by atoms with van der Waals surface area (Å²) in [6.07, 6.45) is 0. The number of para-hydroxylation sites is 1. The van der Waals surface area contributed by atoms with Crippen LogP contribution in [0.3, 0.4) is 0 Å². The van der Waals surface area contributed by atoms with Gasteiger partial charge in [0.15, 0.2) is 0 Å². The molecule has 8 nitrogen and oxygen atoms in total. The fraction of sp³-hybridized carbons (Fsp3) is 0.111. The number of amides is 1. The summed E-state index contributed by atoms with van der Waals surface area (Å²) in [7, 11) is 0. The monoisotopic (exact) mass is 477 g/mol. The molecular formula is C18H17BrFN7OS. The molecule has 0 spiro atoms. The van der Waals surface area contributed by atoms with Crippen LogP contribution < -0.4 is 16.6 Å². The van der Waals surface area contributed by atoms with Crippen LogP contribution in [0.4, 0.5) is 16.0 Å². The summed E-state index contributed by atoms with van der Waals surface area (Å²) < 4.78 is 15.0. The average molecular weight is 478 g/mol. The van der Waals surface area contributed by atoms with Gasteiger partial charge in [-0.25, -0.2) is 14.5 Å². The quantitative estimate of drug-likeness (QED) is 0.208. The SMILES string of the molecule is C/C(=N\Nc1nnc(SCC(=O)Nc2ccccc2Br)n1N)c1ccc(F)cc1. The zero-order valence-corrected chi connectivity index (χ0v) is 17.7. The number of aromatic nitrogens is 3. The Labute approximate surface area is 178 Å². The van der Waals surface area contributed by atoms with Crippen molar-refractivity contribution in [2.45, 2.75) is 12.1 Å². The molecule has 0 aliphatic heterocycles. The largest absolute Gasteiger partial charge is 0.334 e. The highest BCUT2D eigenvalue weighted by Crippen LogP contribution is 2.22. The molecular weight excluding hydrogens is 461 g/mol. The zero-order valence-electron chi connectivity index (χ0n) is 15.3. The predicted octanol–water partition coefficient (Wildman–Crippen LogP) is 3.46. The van der Waals surface area contributed by atoms with Crippen LogP contribution in [-0.2, 0) is 4.79 Å². The third-order valence-corrected chi connectivity index (χ3v) is 5.37. The molecule has 0 aliphatic carbocycles. The van der Waals surface area contributed by atoms with E-state index in [0.29, 0.717) is 16.6 Å². The molecule has 0 aliphatic rings. The van der Waals surface area contributed by atoms with Crippen molar-refractivity contribution in [1.29, 1.82) is 0 Å². The fourth-order valence-electron chi connectivity index (χ4n) is 2.22. The van der Waals surface area contributed by atoms with Crippen LogP contribution in [0.25, 0.3) is 0 Å². The van der Waals surface area contributed by atoms with Gasteiger partial charge in [0, 0.05) is 4.47 Å². The number of nitrogens with one attached hydrogen (secondary N) is 2. The van der Waals surface area contributed by atoms with Gasteiger partial charge in [0.2, 0.25) is 11.1 Å². The lowest BCUT2D eigenvalue weighted by molar-refractivity contribution is -0.113. The Kier molecular flexibility index (Phi) is 6.83. The Morgan fingerprint density at radius 1 is 1.24 bits per heavy atom. The lowest BCUT2D eigenvalue weighted by atomic mass is 10.1. The smallest absolute Gasteiger partial charge is 0.264 e. The van der Waals surface area contributed by atoms with Gasteiger partial charge in [-0.3, -0.25) is 4.79 Å². The predicted molar refractivity (Wildman–Crippen MR) is 116 cm³/mol. The van der Waals surface area contributed by atoms with Crippen molar-refractivity contribution >= 4 is 50.9 Å². The summed E-state index contributed by atoms with van der Waals surface area (Å²) in [6, 6.07) is 13.3. The average Bonchev–Trinajstić information content (AvgIpc) is 3.06. The fourth-order valence-corrected chi connectivity index (χ4v) is 3.26. The Hall–Kier alpha value is -2.92. The van der Waals surface area contributed by atoms with E-state index >= 15 is 0 Å². The molecule has 1 aromatic heterocycles. The van der Waals surface area contributed by atoms with Gasteiger partial charge in [0.1, 0.15) is 5.82 Å². The number of rotatable bonds is 7. The number of hydrogen-bond acceptors (Lipinski definition) is 7. The van der Waals surface area contributed by atoms with E-state index in [-0.39, 0.29) is 23.4 Å². The van der Waals surface area contributed by atoms with E-state index in [1.807, 2.05) is 18.2 Å². The zero-order chi connectivity index (χ0) is 20.8. The minimum atomic E-state index is -0.318. The van der Waals surface area contributed by atoms with Gasteiger partial charge in [-0.2, -0.15) is 5.10 Å². The van der Waals surface area contributed by atoms with Crippen LogP contribution in [0, 0.1) is 5.82 Å².